The van der Waals surface area contributed by atoms with E-state index >= 15 is 0 Å². The zero-order valence-electron chi connectivity index (χ0n) is 42.2. The van der Waals surface area contributed by atoms with Crippen molar-refractivity contribution in [2.45, 2.75) is 281 Å². The summed E-state index contributed by atoms with van der Waals surface area (Å²) in [7, 11) is 0. The highest BCUT2D eigenvalue weighted by molar-refractivity contribution is 5.76. The quantitative estimate of drug-likeness (QED) is 0.0196. The highest BCUT2D eigenvalue weighted by atomic mass is 16.7. The first-order chi connectivity index (χ1) is 32.2. The van der Waals surface area contributed by atoms with Crippen LogP contribution >= 0.6 is 0 Å². The van der Waals surface area contributed by atoms with Crippen LogP contribution in [-0.4, -0.2) is 100 Å². The predicted molar refractivity (Wildman–Crippen MR) is 269 cm³/mol. The third-order valence-corrected chi connectivity index (χ3v) is 12.7. The van der Waals surface area contributed by atoms with Gasteiger partial charge in [-0.25, -0.2) is 0 Å². The van der Waals surface area contributed by atoms with Crippen molar-refractivity contribution in [3.05, 3.63) is 36.5 Å². The molecule has 1 amide bonds. The van der Waals surface area contributed by atoms with Crippen LogP contribution in [0.3, 0.4) is 0 Å². The van der Waals surface area contributed by atoms with Gasteiger partial charge in [0.1, 0.15) is 24.4 Å². The molecular formula is C55H101NO10. The van der Waals surface area contributed by atoms with Gasteiger partial charge in [0.25, 0.3) is 0 Å². The molecule has 11 nitrogen and oxygen atoms in total. The number of aliphatic hydroxyl groups is 5. The van der Waals surface area contributed by atoms with Gasteiger partial charge in [-0.1, -0.05) is 198 Å². The van der Waals surface area contributed by atoms with Gasteiger partial charge in [-0.05, 0) is 64.2 Å². The molecule has 11 heteroatoms. The summed E-state index contributed by atoms with van der Waals surface area (Å²) in [5.41, 5.74) is 0. The molecule has 0 radical (unpaired) electrons. The van der Waals surface area contributed by atoms with Crippen molar-refractivity contribution in [2.24, 2.45) is 0 Å². The van der Waals surface area contributed by atoms with Gasteiger partial charge >= 0.3 is 5.97 Å². The Morgan fingerprint density at radius 3 is 1.55 bits per heavy atom. The number of allylic oxidation sites excluding steroid dienone is 5. The number of amides is 1. The largest absolute Gasteiger partial charge is 0.466 e. The molecule has 1 aliphatic heterocycles. The molecule has 1 aliphatic rings. The average Bonchev–Trinajstić information content (AvgIpc) is 3.31. The fraction of sp³-hybridized carbons (Fsp3) is 0.855. The Bertz CT molecular complexity index is 1190. The van der Waals surface area contributed by atoms with Crippen LogP contribution in [0.5, 0.6) is 0 Å². The van der Waals surface area contributed by atoms with Gasteiger partial charge in [-0.15, -0.1) is 0 Å². The molecule has 1 heterocycles. The molecule has 1 fully saturated rings. The van der Waals surface area contributed by atoms with Crippen LogP contribution < -0.4 is 5.32 Å². The molecule has 0 spiro atoms. The fourth-order valence-corrected chi connectivity index (χ4v) is 8.35. The number of carbonyl (C=O) groups is 2. The Labute approximate surface area is 403 Å². The molecule has 0 bridgehead atoms. The zero-order chi connectivity index (χ0) is 48.1. The second-order valence-corrected chi connectivity index (χ2v) is 18.9. The molecule has 6 N–H and O–H groups in total. The fourth-order valence-electron chi connectivity index (χ4n) is 8.35. The first kappa shape index (κ1) is 61.9. The summed E-state index contributed by atoms with van der Waals surface area (Å²) in [5.74, 6) is -0.252. The van der Waals surface area contributed by atoms with E-state index < -0.39 is 49.5 Å². The number of unbranched alkanes of at least 4 members (excludes halogenated alkanes) is 28. The Morgan fingerprint density at radius 2 is 1.02 bits per heavy atom. The van der Waals surface area contributed by atoms with E-state index in [-0.39, 0.29) is 18.5 Å². The average molecular weight is 936 g/mol. The summed E-state index contributed by atoms with van der Waals surface area (Å²) in [6.07, 6.45) is 43.7. The Hall–Kier alpha value is -2.12. The van der Waals surface area contributed by atoms with E-state index in [1.807, 2.05) is 6.08 Å². The van der Waals surface area contributed by atoms with Crippen molar-refractivity contribution < 1.29 is 49.3 Å². The van der Waals surface area contributed by atoms with Crippen molar-refractivity contribution in [3.8, 4) is 0 Å². The first-order valence-electron chi connectivity index (χ1n) is 27.3. The van der Waals surface area contributed by atoms with Crippen molar-refractivity contribution in [3.63, 3.8) is 0 Å². The van der Waals surface area contributed by atoms with Crippen LogP contribution in [0.25, 0.3) is 0 Å². The highest BCUT2D eigenvalue weighted by Crippen LogP contribution is 2.23. The monoisotopic (exact) mass is 936 g/mol. The van der Waals surface area contributed by atoms with E-state index in [0.29, 0.717) is 19.4 Å². The topological polar surface area (TPSA) is 175 Å². The van der Waals surface area contributed by atoms with Crippen LogP contribution in [-0.2, 0) is 23.8 Å². The SMILES string of the molecule is CCCCCC/C=C\C/C=C\CCCCCCCCCC(=O)OCCCCCCCCCCCCCC(=O)NC(COC1OC(CO)C(O)C(O)C1O)C(O)/C=C/CCCCCCCCC. The molecule has 7 atom stereocenters. The second-order valence-electron chi connectivity index (χ2n) is 18.9. The van der Waals surface area contributed by atoms with Crippen molar-refractivity contribution >= 4 is 11.9 Å². The van der Waals surface area contributed by atoms with Gasteiger partial charge in [0.05, 0.1) is 32.0 Å². The number of carbonyl (C=O) groups excluding carboxylic acids is 2. The molecule has 1 saturated heterocycles. The van der Waals surface area contributed by atoms with Gasteiger partial charge in [-0.2, -0.15) is 0 Å². The summed E-state index contributed by atoms with van der Waals surface area (Å²) in [6, 6.07) is -0.823. The standard InChI is InChI=1S/C55H101NO10/c1-3-5-7-9-11-13-14-15-16-17-18-19-20-23-27-31-35-39-43-51(60)64-44-40-36-32-28-24-21-22-26-30-34-38-42-50(59)56-47(48(58)41-37-33-29-25-12-10-8-6-4-2)46-65-55-54(63)53(62)52(61)49(45-57)66-55/h13-14,16-17,37,41,47-49,52-55,57-58,61-63H,3-12,15,18-36,38-40,42-46H2,1-2H3,(H,56,59)/b14-13-,17-16-,41-37+. The summed E-state index contributed by atoms with van der Waals surface area (Å²) in [4.78, 5) is 25.1. The van der Waals surface area contributed by atoms with Crippen molar-refractivity contribution in [1.82, 2.24) is 5.32 Å². The molecule has 0 aromatic rings. The van der Waals surface area contributed by atoms with E-state index in [1.165, 1.54) is 128 Å². The molecular weight excluding hydrogens is 835 g/mol. The van der Waals surface area contributed by atoms with E-state index in [0.717, 1.165) is 83.5 Å². The Balaban J connectivity index is 2.09. The molecule has 0 aromatic carbocycles. The smallest absolute Gasteiger partial charge is 0.305 e. The van der Waals surface area contributed by atoms with E-state index in [2.05, 4.69) is 43.5 Å². The van der Waals surface area contributed by atoms with Crippen molar-refractivity contribution in [2.75, 3.05) is 19.8 Å². The maximum Gasteiger partial charge on any atom is 0.305 e. The number of esters is 1. The summed E-state index contributed by atoms with van der Waals surface area (Å²) in [6.45, 7) is 4.22. The lowest BCUT2D eigenvalue weighted by Gasteiger charge is -2.40. The number of aliphatic hydroxyl groups excluding tert-OH is 5. The minimum atomic E-state index is -1.58. The van der Waals surface area contributed by atoms with Gasteiger partial charge in [0, 0.05) is 12.8 Å². The first-order valence-corrected chi connectivity index (χ1v) is 27.3. The highest BCUT2D eigenvalue weighted by Gasteiger charge is 2.44. The van der Waals surface area contributed by atoms with Crippen LogP contribution in [0.4, 0.5) is 0 Å². The molecule has 0 aromatic heterocycles. The van der Waals surface area contributed by atoms with Crippen LogP contribution in [0, 0.1) is 0 Å². The van der Waals surface area contributed by atoms with E-state index in [4.69, 9.17) is 14.2 Å². The molecule has 0 aliphatic carbocycles. The summed E-state index contributed by atoms with van der Waals surface area (Å²) < 4.78 is 16.6. The maximum absolute atomic E-state index is 13.0. The lowest BCUT2D eigenvalue weighted by atomic mass is 9.99. The summed E-state index contributed by atoms with van der Waals surface area (Å²) >= 11 is 0. The van der Waals surface area contributed by atoms with Gasteiger partial charge in [-0.3, -0.25) is 9.59 Å². The third-order valence-electron chi connectivity index (χ3n) is 12.7. The number of ether oxygens (including phenoxy) is 3. The molecule has 0 saturated carbocycles. The van der Waals surface area contributed by atoms with Crippen molar-refractivity contribution in [1.29, 1.82) is 0 Å². The lowest BCUT2D eigenvalue weighted by molar-refractivity contribution is -0.302. The molecule has 386 valence electrons. The molecule has 66 heavy (non-hydrogen) atoms. The maximum atomic E-state index is 13.0. The Kier molecular flexibility index (Phi) is 42.5. The molecule has 1 rings (SSSR count). The van der Waals surface area contributed by atoms with Crippen LogP contribution in [0.15, 0.2) is 36.5 Å². The van der Waals surface area contributed by atoms with Gasteiger partial charge < -0.3 is 45.1 Å². The third kappa shape index (κ3) is 35.1. The van der Waals surface area contributed by atoms with E-state index in [1.54, 1.807) is 6.08 Å². The molecule has 7 unspecified atom stereocenters. The minimum Gasteiger partial charge on any atom is -0.466 e. The second kappa shape index (κ2) is 45.3. The Morgan fingerprint density at radius 1 is 0.561 bits per heavy atom. The van der Waals surface area contributed by atoms with Crippen LogP contribution in [0.2, 0.25) is 0 Å². The van der Waals surface area contributed by atoms with Gasteiger partial charge in [0.2, 0.25) is 5.91 Å². The lowest BCUT2D eigenvalue weighted by Crippen LogP contribution is -2.60. The number of hydrogen-bond donors (Lipinski definition) is 6. The number of hydrogen-bond acceptors (Lipinski definition) is 10. The zero-order valence-corrected chi connectivity index (χ0v) is 42.2. The minimum absolute atomic E-state index is 0.0477. The number of rotatable bonds is 46. The van der Waals surface area contributed by atoms with E-state index in [9.17, 15) is 35.1 Å². The predicted octanol–water partition coefficient (Wildman–Crippen LogP) is 11.6. The van der Waals surface area contributed by atoms with Gasteiger partial charge in [0.15, 0.2) is 6.29 Å². The summed E-state index contributed by atoms with van der Waals surface area (Å²) in [5, 5.41) is 54.1. The van der Waals surface area contributed by atoms with Crippen LogP contribution in [0.1, 0.15) is 239 Å². The number of nitrogens with one attached hydrogen (secondary N) is 1. The normalized spacial score (nSPS) is 19.9.